The van der Waals surface area contributed by atoms with Crippen LogP contribution in [0.5, 0.6) is 0 Å². The molecule has 2 aliphatic heterocycles. The van der Waals surface area contributed by atoms with Gasteiger partial charge in [-0.1, -0.05) is 12.8 Å². The number of nitrogens with one attached hydrogen (secondary N) is 1. The molecule has 0 atom stereocenters. The van der Waals surface area contributed by atoms with Crippen LogP contribution in [0.15, 0.2) is 29.3 Å². The van der Waals surface area contributed by atoms with Crippen molar-refractivity contribution < 1.29 is 4.79 Å². The topological polar surface area (TPSA) is 99.5 Å². The Labute approximate surface area is 222 Å². The Kier molecular flexibility index (Phi) is 6.61. The quantitative estimate of drug-likeness (QED) is 0.496. The predicted molar refractivity (Wildman–Crippen MR) is 149 cm³/mol. The molecule has 5 heterocycles. The van der Waals surface area contributed by atoms with Crippen molar-refractivity contribution in [3.05, 3.63) is 46.0 Å². The lowest BCUT2D eigenvalue weighted by Gasteiger charge is -2.48. The Morgan fingerprint density at radius 2 is 1.74 bits per heavy atom. The first-order valence-electron chi connectivity index (χ1n) is 13.7. The van der Waals surface area contributed by atoms with Gasteiger partial charge in [0.25, 0.3) is 5.56 Å². The Hall–Kier alpha value is -3.37. The number of hydrogen-bond donors (Lipinski definition) is 1. The predicted octanol–water partition coefficient (Wildman–Crippen LogP) is 2.99. The van der Waals surface area contributed by atoms with E-state index in [0.29, 0.717) is 29.0 Å². The average Bonchev–Trinajstić information content (AvgIpc) is 3.39. The molecule has 6 rings (SSSR count). The lowest BCUT2D eigenvalue weighted by Crippen LogP contribution is -2.63. The number of ketones is 1. The van der Waals surface area contributed by atoms with Crippen LogP contribution in [0.3, 0.4) is 0 Å². The lowest BCUT2D eigenvalue weighted by atomic mass is 10.0. The molecule has 1 aliphatic carbocycles. The number of piperazine rings is 1. The zero-order valence-corrected chi connectivity index (χ0v) is 22.5. The molecule has 3 aromatic rings. The minimum atomic E-state index is -0.244. The fourth-order valence-corrected chi connectivity index (χ4v) is 6.15. The maximum absolute atomic E-state index is 13.4. The van der Waals surface area contributed by atoms with Crippen LogP contribution in [0.4, 0.5) is 17.5 Å². The van der Waals surface area contributed by atoms with Gasteiger partial charge in [0, 0.05) is 62.9 Å². The normalized spacial score (nSPS) is 19.7. The molecule has 0 radical (unpaired) electrons. The highest BCUT2D eigenvalue weighted by molar-refractivity contribution is 5.99. The second-order valence-electron chi connectivity index (χ2n) is 11.0. The Balaban J connectivity index is 1.20. The van der Waals surface area contributed by atoms with E-state index in [1.807, 2.05) is 12.3 Å². The van der Waals surface area contributed by atoms with E-state index in [2.05, 4.69) is 43.1 Å². The Morgan fingerprint density at radius 3 is 2.39 bits per heavy atom. The van der Waals surface area contributed by atoms with Crippen LogP contribution in [0.25, 0.3) is 11.0 Å². The summed E-state index contributed by atoms with van der Waals surface area (Å²) >= 11 is 0. The molecular formula is C28H36N8O2. The Morgan fingerprint density at radius 1 is 1.00 bits per heavy atom. The smallest absolute Gasteiger partial charge is 0.263 e. The number of fused-ring (bicyclic) bond motifs is 1. The number of aryl methyl sites for hydroxylation is 1. The Bertz CT molecular complexity index is 1400. The van der Waals surface area contributed by atoms with Gasteiger partial charge in [0.15, 0.2) is 5.78 Å². The number of pyridine rings is 2. The van der Waals surface area contributed by atoms with Crippen molar-refractivity contribution in [2.75, 3.05) is 56.5 Å². The summed E-state index contributed by atoms with van der Waals surface area (Å²) in [6, 6.07) is 4.70. The maximum atomic E-state index is 13.4. The molecule has 0 aromatic carbocycles. The highest BCUT2D eigenvalue weighted by Crippen LogP contribution is 2.32. The van der Waals surface area contributed by atoms with Gasteiger partial charge in [-0.25, -0.2) is 9.97 Å². The van der Waals surface area contributed by atoms with E-state index in [9.17, 15) is 9.59 Å². The first kappa shape index (κ1) is 24.9. The fraction of sp³-hybridized carbons (Fsp3) is 0.536. The molecule has 1 N–H and O–H groups in total. The number of anilines is 3. The van der Waals surface area contributed by atoms with E-state index in [0.717, 1.165) is 76.0 Å². The summed E-state index contributed by atoms with van der Waals surface area (Å²) in [4.78, 5) is 47.0. The largest absolute Gasteiger partial charge is 0.367 e. The number of carbonyl (C=O) groups is 1. The highest BCUT2D eigenvalue weighted by atomic mass is 16.1. The second kappa shape index (κ2) is 10.1. The van der Waals surface area contributed by atoms with Crippen LogP contribution in [0, 0.1) is 6.92 Å². The van der Waals surface area contributed by atoms with Crippen molar-refractivity contribution in [2.45, 2.75) is 51.6 Å². The van der Waals surface area contributed by atoms with Gasteiger partial charge in [-0.3, -0.25) is 19.1 Å². The standard InChI is InChI=1S/C28H36N8O2/c1-18-23-15-30-28(32-26(23)36(20-6-4-5-7-20)27(38)25(18)19(2)37)31-24-9-8-21(14-29-24)35-16-22(17-35)34-12-10-33(3)11-13-34/h8-9,14-15,20,22H,4-7,10-13,16-17H2,1-3H3,(H,29,30,31,32). The minimum absolute atomic E-state index is 0.0510. The molecule has 3 aromatic heterocycles. The number of rotatable bonds is 6. The summed E-state index contributed by atoms with van der Waals surface area (Å²) in [6.07, 6.45) is 7.57. The van der Waals surface area contributed by atoms with Crippen molar-refractivity contribution in [1.29, 1.82) is 0 Å². The summed E-state index contributed by atoms with van der Waals surface area (Å²) < 4.78 is 1.73. The first-order chi connectivity index (χ1) is 18.4. The second-order valence-corrected chi connectivity index (χ2v) is 11.0. The molecule has 10 heteroatoms. The van der Waals surface area contributed by atoms with Gasteiger partial charge in [0.05, 0.1) is 17.4 Å². The van der Waals surface area contributed by atoms with Crippen molar-refractivity contribution in [1.82, 2.24) is 29.3 Å². The van der Waals surface area contributed by atoms with Gasteiger partial charge in [-0.15, -0.1) is 0 Å². The molecule has 0 bridgehead atoms. The molecule has 1 saturated carbocycles. The van der Waals surface area contributed by atoms with Gasteiger partial charge in [-0.05, 0) is 51.4 Å². The fourth-order valence-electron chi connectivity index (χ4n) is 6.15. The van der Waals surface area contributed by atoms with E-state index in [-0.39, 0.29) is 22.9 Å². The summed E-state index contributed by atoms with van der Waals surface area (Å²) in [5.74, 6) is 0.818. The van der Waals surface area contributed by atoms with Gasteiger partial charge in [0.1, 0.15) is 11.5 Å². The van der Waals surface area contributed by atoms with Crippen molar-refractivity contribution in [2.24, 2.45) is 0 Å². The van der Waals surface area contributed by atoms with Crippen LogP contribution in [-0.4, -0.2) is 87.5 Å². The number of hydrogen-bond acceptors (Lipinski definition) is 9. The zero-order chi connectivity index (χ0) is 26.4. The number of carbonyl (C=O) groups excluding carboxylic acids is 1. The molecule has 0 amide bonds. The molecule has 3 fully saturated rings. The van der Waals surface area contributed by atoms with Crippen LogP contribution < -0.4 is 15.8 Å². The number of Topliss-reactive ketones (excluding diaryl/α,β-unsaturated/α-hetero) is 1. The van der Waals surface area contributed by atoms with Gasteiger partial charge in [0.2, 0.25) is 5.95 Å². The maximum Gasteiger partial charge on any atom is 0.263 e. The van der Waals surface area contributed by atoms with E-state index in [1.54, 1.807) is 17.7 Å². The summed E-state index contributed by atoms with van der Waals surface area (Å²) in [5.41, 5.74) is 2.33. The van der Waals surface area contributed by atoms with E-state index in [1.165, 1.54) is 6.92 Å². The van der Waals surface area contributed by atoms with Crippen LogP contribution in [0.2, 0.25) is 0 Å². The van der Waals surface area contributed by atoms with Crippen LogP contribution in [0.1, 0.15) is 54.6 Å². The van der Waals surface area contributed by atoms with E-state index < -0.39 is 0 Å². The van der Waals surface area contributed by atoms with Gasteiger partial charge in [-0.2, -0.15) is 4.98 Å². The molecule has 10 nitrogen and oxygen atoms in total. The number of aromatic nitrogens is 4. The minimum Gasteiger partial charge on any atom is -0.367 e. The lowest BCUT2D eigenvalue weighted by molar-refractivity contribution is 0.0963. The molecule has 0 unspecified atom stereocenters. The van der Waals surface area contributed by atoms with Crippen molar-refractivity contribution in [3.63, 3.8) is 0 Å². The third-order valence-electron chi connectivity index (χ3n) is 8.52. The van der Waals surface area contributed by atoms with E-state index in [4.69, 9.17) is 4.98 Å². The SMILES string of the molecule is CC(=O)c1c(C)c2cnc(Nc3ccc(N4CC(N5CCN(C)CC5)C4)cn3)nc2n(C2CCCC2)c1=O. The van der Waals surface area contributed by atoms with E-state index >= 15 is 0 Å². The van der Waals surface area contributed by atoms with Crippen LogP contribution >= 0.6 is 0 Å². The summed E-state index contributed by atoms with van der Waals surface area (Å²) in [5, 5.41) is 3.95. The molecule has 38 heavy (non-hydrogen) atoms. The van der Waals surface area contributed by atoms with Crippen molar-refractivity contribution >= 4 is 34.3 Å². The summed E-state index contributed by atoms with van der Waals surface area (Å²) in [7, 11) is 2.19. The third kappa shape index (κ3) is 4.56. The monoisotopic (exact) mass is 516 g/mol. The van der Waals surface area contributed by atoms with Crippen molar-refractivity contribution in [3.8, 4) is 0 Å². The molecular weight excluding hydrogens is 480 g/mol. The first-order valence-corrected chi connectivity index (χ1v) is 13.7. The van der Waals surface area contributed by atoms with Crippen LogP contribution in [-0.2, 0) is 0 Å². The highest BCUT2D eigenvalue weighted by Gasteiger charge is 2.33. The zero-order valence-electron chi connectivity index (χ0n) is 22.5. The average molecular weight is 517 g/mol. The summed E-state index contributed by atoms with van der Waals surface area (Å²) in [6.45, 7) is 9.90. The molecule has 0 spiro atoms. The van der Waals surface area contributed by atoms with Gasteiger partial charge >= 0.3 is 0 Å². The molecule has 3 aliphatic rings. The number of nitrogens with zero attached hydrogens (tertiary/aromatic N) is 7. The molecule has 2 saturated heterocycles. The third-order valence-corrected chi connectivity index (χ3v) is 8.52. The molecule has 200 valence electrons. The number of likely N-dealkylation sites (N-methyl/N-ethyl adjacent to an activating group) is 1. The van der Waals surface area contributed by atoms with Gasteiger partial charge < -0.3 is 15.1 Å².